The number of nitro groups is 1. The van der Waals surface area contributed by atoms with Gasteiger partial charge in [0.1, 0.15) is 0 Å². The Bertz CT molecular complexity index is 501. The molecule has 1 aromatic rings. The van der Waals surface area contributed by atoms with E-state index in [0.29, 0.717) is 5.56 Å². The van der Waals surface area contributed by atoms with E-state index >= 15 is 0 Å². The minimum atomic E-state index is -1.67. The number of rotatable bonds is 6. The lowest BCUT2D eigenvalue weighted by Gasteiger charge is -2.09. The Labute approximate surface area is 113 Å². The first-order chi connectivity index (χ1) is 9.40. The Morgan fingerprint density at radius 3 is 2.35 bits per heavy atom. The number of amides is 2. The first-order valence-electron chi connectivity index (χ1n) is 5.56. The molecule has 1 rings (SSSR count). The van der Waals surface area contributed by atoms with Crippen molar-refractivity contribution in [2.75, 3.05) is 6.54 Å². The molecule has 9 nitrogen and oxygen atoms in total. The minimum absolute atomic E-state index is 0.0530. The van der Waals surface area contributed by atoms with Crippen LogP contribution >= 0.6 is 0 Å². The van der Waals surface area contributed by atoms with Crippen LogP contribution in [0, 0.1) is 10.1 Å². The molecule has 0 radical (unpaired) electrons. The lowest BCUT2D eigenvalue weighted by atomic mass is 10.2. The number of aliphatic carboxylic acids is 1. The van der Waals surface area contributed by atoms with Crippen LogP contribution in [0.5, 0.6) is 0 Å². The van der Waals surface area contributed by atoms with Gasteiger partial charge in [-0.15, -0.1) is 0 Å². The van der Waals surface area contributed by atoms with Crippen molar-refractivity contribution < 1.29 is 24.7 Å². The predicted molar refractivity (Wildman–Crippen MR) is 67.0 cm³/mol. The molecule has 0 fully saturated rings. The molecule has 0 saturated heterocycles. The molecule has 0 heterocycles. The molecule has 0 saturated carbocycles. The number of urea groups is 1. The number of hydrogen-bond donors (Lipinski definition) is 4. The highest BCUT2D eigenvalue weighted by atomic mass is 16.6. The molecule has 0 bridgehead atoms. The Kier molecular flexibility index (Phi) is 5.42. The van der Waals surface area contributed by atoms with Gasteiger partial charge in [-0.05, 0) is 5.56 Å². The third kappa shape index (κ3) is 4.90. The molecule has 108 valence electrons. The van der Waals surface area contributed by atoms with Crippen LogP contribution < -0.4 is 10.6 Å². The number of carboxylic acid groups (broad SMARTS) is 1. The summed E-state index contributed by atoms with van der Waals surface area (Å²) in [5.41, 5.74) is 0.590. The van der Waals surface area contributed by atoms with Crippen molar-refractivity contribution in [1.82, 2.24) is 10.6 Å². The summed E-state index contributed by atoms with van der Waals surface area (Å²) in [7, 11) is 0. The lowest BCUT2D eigenvalue weighted by molar-refractivity contribution is -0.384. The second kappa shape index (κ2) is 7.04. The monoisotopic (exact) mass is 283 g/mol. The van der Waals surface area contributed by atoms with Gasteiger partial charge in [0.2, 0.25) is 0 Å². The van der Waals surface area contributed by atoms with Crippen molar-refractivity contribution >= 4 is 17.7 Å². The number of carbonyl (C=O) groups excluding carboxylic acids is 1. The van der Waals surface area contributed by atoms with Crippen molar-refractivity contribution in [2.45, 2.75) is 12.6 Å². The first kappa shape index (κ1) is 15.4. The zero-order valence-electron chi connectivity index (χ0n) is 10.3. The molecule has 0 aliphatic rings. The number of carbonyl (C=O) groups is 2. The summed E-state index contributed by atoms with van der Waals surface area (Å²) in [4.78, 5) is 31.5. The summed E-state index contributed by atoms with van der Waals surface area (Å²) < 4.78 is 0. The molecule has 1 aromatic carbocycles. The Hall–Kier alpha value is -2.68. The Morgan fingerprint density at radius 1 is 1.25 bits per heavy atom. The maximum Gasteiger partial charge on any atom is 0.334 e. The van der Waals surface area contributed by atoms with Gasteiger partial charge in [-0.2, -0.15) is 0 Å². The second-order valence-electron chi connectivity index (χ2n) is 3.84. The highest BCUT2D eigenvalue weighted by Gasteiger charge is 2.13. The minimum Gasteiger partial charge on any atom is -0.479 e. The fraction of sp³-hybridized carbons (Fsp3) is 0.273. The first-order valence-corrected chi connectivity index (χ1v) is 5.56. The molecule has 2 amide bonds. The van der Waals surface area contributed by atoms with Gasteiger partial charge in [0, 0.05) is 18.7 Å². The Balaban J connectivity index is 2.37. The number of hydrogen-bond acceptors (Lipinski definition) is 5. The summed E-state index contributed by atoms with van der Waals surface area (Å²) in [5.74, 6) is -1.43. The van der Waals surface area contributed by atoms with Gasteiger partial charge < -0.3 is 20.8 Å². The Morgan fingerprint density at radius 2 is 1.85 bits per heavy atom. The highest BCUT2D eigenvalue weighted by Crippen LogP contribution is 2.11. The number of nitrogens with one attached hydrogen (secondary N) is 2. The fourth-order valence-corrected chi connectivity index (χ4v) is 1.26. The summed E-state index contributed by atoms with van der Waals surface area (Å²) in [6.45, 7) is -0.297. The quantitative estimate of drug-likeness (QED) is 0.422. The number of carboxylic acids is 1. The van der Waals surface area contributed by atoms with E-state index in [9.17, 15) is 19.7 Å². The third-order valence-electron chi connectivity index (χ3n) is 2.34. The van der Waals surface area contributed by atoms with Crippen LogP contribution in [-0.2, 0) is 11.3 Å². The third-order valence-corrected chi connectivity index (χ3v) is 2.34. The topological polar surface area (TPSA) is 142 Å². The molecule has 9 heteroatoms. The van der Waals surface area contributed by atoms with E-state index in [4.69, 9.17) is 10.2 Å². The van der Waals surface area contributed by atoms with Crippen LogP contribution in [0.3, 0.4) is 0 Å². The molecule has 0 aromatic heterocycles. The standard InChI is InChI=1S/C11H13N3O6/c15-9(10(16)17)6-13-11(18)12-5-7-1-3-8(4-2-7)14(19)20/h1-4,9,15H,5-6H2,(H,16,17)(H2,12,13,18)/t9-/m0/s1. The van der Waals surface area contributed by atoms with E-state index in [-0.39, 0.29) is 12.2 Å². The van der Waals surface area contributed by atoms with Crippen LogP contribution in [0.15, 0.2) is 24.3 Å². The van der Waals surface area contributed by atoms with Crippen molar-refractivity contribution in [3.05, 3.63) is 39.9 Å². The summed E-state index contributed by atoms with van der Waals surface area (Å²) in [5, 5.41) is 32.4. The molecular weight excluding hydrogens is 270 g/mol. The normalized spacial score (nSPS) is 11.4. The van der Waals surface area contributed by atoms with E-state index < -0.39 is 29.6 Å². The number of non-ortho nitro benzene ring substituents is 1. The van der Waals surface area contributed by atoms with Gasteiger partial charge in [0.15, 0.2) is 6.10 Å². The van der Waals surface area contributed by atoms with Crippen molar-refractivity contribution in [3.8, 4) is 0 Å². The zero-order valence-corrected chi connectivity index (χ0v) is 10.3. The molecule has 0 spiro atoms. The zero-order chi connectivity index (χ0) is 15.1. The molecule has 0 unspecified atom stereocenters. The van der Waals surface area contributed by atoms with E-state index in [1.807, 2.05) is 0 Å². The largest absolute Gasteiger partial charge is 0.479 e. The van der Waals surface area contributed by atoms with Gasteiger partial charge in [0.05, 0.1) is 11.5 Å². The van der Waals surface area contributed by atoms with Crippen molar-refractivity contribution in [3.63, 3.8) is 0 Å². The lowest BCUT2D eigenvalue weighted by Crippen LogP contribution is -2.41. The average Bonchev–Trinajstić information content (AvgIpc) is 2.42. The van der Waals surface area contributed by atoms with E-state index in [1.165, 1.54) is 24.3 Å². The number of aliphatic hydroxyl groups is 1. The van der Waals surface area contributed by atoms with Crippen LogP contribution in [0.4, 0.5) is 10.5 Å². The number of aliphatic hydroxyl groups excluding tert-OH is 1. The second-order valence-corrected chi connectivity index (χ2v) is 3.84. The average molecular weight is 283 g/mol. The molecule has 4 N–H and O–H groups in total. The van der Waals surface area contributed by atoms with Crippen LogP contribution in [-0.4, -0.2) is 39.8 Å². The molecule has 1 atom stereocenters. The maximum absolute atomic E-state index is 11.3. The number of benzene rings is 1. The van der Waals surface area contributed by atoms with E-state index in [2.05, 4.69) is 10.6 Å². The van der Waals surface area contributed by atoms with Gasteiger partial charge in [-0.3, -0.25) is 10.1 Å². The van der Waals surface area contributed by atoms with Crippen LogP contribution in [0.25, 0.3) is 0 Å². The smallest absolute Gasteiger partial charge is 0.334 e. The van der Waals surface area contributed by atoms with Crippen LogP contribution in [0.2, 0.25) is 0 Å². The highest BCUT2D eigenvalue weighted by molar-refractivity contribution is 5.76. The summed E-state index contributed by atoms with van der Waals surface area (Å²) in [6.07, 6.45) is -1.67. The van der Waals surface area contributed by atoms with Gasteiger partial charge in [0.25, 0.3) is 5.69 Å². The van der Waals surface area contributed by atoms with E-state index in [0.717, 1.165) is 0 Å². The van der Waals surface area contributed by atoms with Gasteiger partial charge in [-0.25, -0.2) is 9.59 Å². The predicted octanol–water partition coefficient (Wildman–Crippen LogP) is -0.161. The van der Waals surface area contributed by atoms with Gasteiger partial charge in [-0.1, -0.05) is 12.1 Å². The number of nitrogens with zero attached hydrogens (tertiary/aromatic N) is 1. The SMILES string of the molecule is O=C(NCc1ccc([N+](=O)[O-])cc1)NC[C@H](O)C(=O)O. The summed E-state index contributed by atoms with van der Waals surface area (Å²) in [6, 6.07) is 4.95. The summed E-state index contributed by atoms with van der Waals surface area (Å²) >= 11 is 0. The van der Waals surface area contributed by atoms with E-state index in [1.54, 1.807) is 0 Å². The number of nitro benzene ring substituents is 1. The molecule has 20 heavy (non-hydrogen) atoms. The fourth-order valence-electron chi connectivity index (χ4n) is 1.26. The van der Waals surface area contributed by atoms with Crippen LogP contribution in [0.1, 0.15) is 5.56 Å². The molecule has 0 aliphatic heterocycles. The van der Waals surface area contributed by atoms with Crippen molar-refractivity contribution in [1.29, 1.82) is 0 Å². The molecular formula is C11H13N3O6. The van der Waals surface area contributed by atoms with Crippen molar-refractivity contribution in [2.24, 2.45) is 0 Å². The van der Waals surface area contributed by atoms with Gasteiger partial charge >= 0.3 is 12.0 Å². The molecule has 0 aliphatic carbocycles. The maximum atomic E-state index is 11.3.